The summed E-state index contributed by atoms with van der Waals surface area (Å²) < 4.78 is 42.9. The topological polar surface area (TPSA) is 91.5 Å². The van der Waals surface area contributed by atoms with E-state index < -0.39 is 11.9 Å². The summed E-state index contributed by atoms with van der Waals surface area (Å²) in [5.41, 5.74) is 0.640. The van der Waals surface area contributed by atoms with Gasteiger partial charge in [-0.2, -0.15) is 13.2 Å². The third kappa shape index (κ3) is 5.83. The van der Waals surface area contributed by atoms with Gasteiger partial charge in [-0.15, -0.1) is 11.3 Å². The summed E-state index contributed by atoms with van der Waals surface area (Å²) in [6, 6.07) is 10.4. The van der Waals surface area contributed by atoms with Gasteiger partial charge in [0.1, 0.15) is 5.01 Å². The van der Waals surface area contributed by atoms with Gasteiger partial charge in [-0.25, -0.2) is 4.98 Å². The third-order valence-corrected chi connectivity index (χ3v) is 4.74. The number of rotatable bonds is 6. The van der Waals surface area contributed by atoms with Crippen LogP contribution < -0.4 is 16.0 Å². The number of furan rings is 1. The lowest BCUT2D eigenvalue weighted by atomic mass is 10.2. The standard InChI is InChI=1S/C19H18F3N5O2S/c1-23-18(25-10-16-27-15(11-30-16)19(20,21)22)24-9-12-4-6-13(7-5-12)26-17(28)14-3-2-8-29-14/h2-8,11H,9-10H2,1H3,(H,26,28)(H2,23,24,25). The van der Waals surface area contributed by atoms with E-state index in [4.69, 9.17) is 4.42 Å². The SMILES string of the molecule is CN=C(NCc1ccc(NC(=O)c2ccco2)cc1)NCc1nc(C(F)(F)F)cs1. The molecule has 3 rings (SSSR count). The Kier molecular flexibility index (Phi) is 6.72. The maximum atomic E-state index is 12.6. The predicted octanol–water partition coefficient (Wildman–Crippen LogP) is 3.87. The number of anilines is 1. The number of benzene rings is 1. The summed E-state index contributed by atoms with van der Waals surface area (Å²) in [4.78, 5) is 19.6. The minimum atomic E-state index is -4.45. The number of nitrogens with one attached hydrogen (secondary N) is 3. The van der Waals surface area contributed by atoms with Crippen molar-refractivity contribution < 1.29 is 22.4 Å². The first-order valence-electron chi connectivity index (χ1n) is 8.75. The van der Waals surface area contributed by atoms with Crippen LogP contribution in [0.4, 0.5) is 18.9 Å². The molecule has 1 aromatic carbocycles. The lowest BCUT2D eigenvalue weighted by molar-refractivity contribution is -0.140. The molecule has 0 aliphatic carbocycles. The quantitative estimate of drug-likeness (QED) is 0.402. The number of hydrogen-bond donors (Lipinski definition) is 3. The van der Waals surface area contributed by atoms with Gasteiger partial charge >= 0.3 is 6.18 Å². The van der Waals surface area contributed by atoms with Crippen molar-refractivity contribution in [1.29, 1.82) is 0 Å². The highest BCUT2D eigenvalue weighted by Gasteiger charge is 2.33. The molecule has 0 atom stereocenters. The molecule has 2 aromatic heterocycles. The lowest BCUT2D eigenvalue weighted by Crippen LogP contribution is -2.36. The molecule has 0 bridgehead atoms. The van der Waals surface area contributed by atoms with E-state index in [9.17, 15) is 18.0 Å². The zero-order chi connectivity index (χ0) is 21.6. The van der Waals surface area contributed by atoms with Crippen molar-refractivity contribution in [1.82, 2.24) is 15.6 Å². The number of aliphatic imine (C=N–C) groups is 1. The Morgan fingerprint density at radius 2 is 1.90 bits per heavy atom. The molecule has 1 amide bonds. The number of halogens is 3. The monoisotopic (exact) mass is 437 g/mol. The molecule has 0 spiro atoms. The highest BCUT2D eigenvalue weighted by Crippen LogP contribution is 2.29. The van der Waals surface area contributed by atoms with Crippen LogP contribution in [-0.4, -0.2) is 23.9 Å². The number of hydrogen-bond acceptors (Lipinski definition) is 5. The first kappa shape index (κ1) is 21.4. The normalized spacial score (nSPS) is 11.9. The molecule has 0 fully saturated rings. The fraction of sp³-hybridized carbons (Fsp3) is 0.211. The van der Waals surface area contributed by atoms with E-state index in [1.165, 1.54) is 6.26 Å². The number of carbonyl (C=O) groups excluding carboxylic acids is 1. The molecule has 0 saturated heterocycles. The van der Waals surface area contributed by atoms with Crippen LogP contribution in [0.5, 0.6) is 0 Å². The zero-order valence-corrected chi connectivity index (χ0v) is 16.6. The molecule has 2 heterocycles. The van der Waals surface area contributed by atoms with Crippen LogP contribution in [-0.2, 0) is 19.3 Å². The molecular formula is C19H18F3N5O2S. The number of amides is 1. The first-order chi connectivity index (χ1) is 14.3. The Morgan fingerprint density at radius 3 is 2.50 bits per heavy atom. The number of alkyl halides is 3. The number of aromatic nitrogens is 1. The Balaban J connectivity index is 1.47. The van der Waals surface area contributed by atoms with Crippen LogP contribution in [0.3, 0.4) is 0 Å². The second-order valence-electron chi connectivity index (χ2n) is 6.03. The van der Waals surface area contributed by atoms with Crippen LogP contribution in [0.15, 0.2) is 57.5 Å². The largest absolute Gasteiger partial charge is 0.459 e. The minimum Gasteiger partial charge on any atom is -0.459 e. The van der Waals surface area contributed by atoms with E-state index in [2.05, 4.69) is 25.9 Å². The van der Waals surface area contributed by atoms with E-state index in [1.807, 2.05) is 12.1 Å². The number of guanidine groups is 1. The first-order valence-corrected chi connectivity index (χ1v) is 9.63. The second kappa shape index (κ2) is 9.44. The van der Waals surface area contributed by atoms with Crippen molar-refractivity contribution in [3.63, 3.8) is 0 Å². The van der Waals surface area contributed by atoms with Crippen molar-refractivity contribution >= 4 is 28.9 Å². The van der Waals surface area contributed by atoms with Crippen LogP contribution in [0.1, 0.15) is 26.8 Å². The Morgan fingerprint density at radius 1 is 1.17 bits per heavy atom. The second-order valence-corrected chi connectivity index (χ2v) is 6.97. The summed E-state index contributed by atoms with van der Waals surface area (Å²) >= 11 is 0.931. The molecule has 11 heteroatoms. The summed E-state index contributed by atoms with van der Waals surface area (Å²) in [5, 5.41) is 10.0. The van der Waals surface area contributed by atoms with Gasteiger partial charge < -0.3 is 20.4 Å². The summed E-state index contributed by atoms with van der Waals surface area (Å²) in [5.74, 6) is 0.304. The van der Waals surface area contributed by atoms with Gasteiger partial charge in [-0.3, -0.25) is 9.79 Å². The zero-order valence-electron chi connectivity index (χ0n) is 15.8. The van der Waals surface area contributed by atoms with Crippen molar-refractivity contribution in [2.45, 2.75) is 19.3 Å². The molecule has 3 N–H and O–H groups in total. The van der Waals surface area contributed by atoms with Gasteiger partial charge in [0, 0.05) is 24.7 Å². The van der Waals surface area contributed by atoms with Crippen LogP contribution >= 0.6 is 11.3 Å². The van der Waals surface area contributed by atoms with Crippen LogP contribution in [0, 0.1) is 0 Å². The van der Waals surface area contributed by atoms with Crippen molar-refractivity contribution in [2.24, 2.45) is 4.99 Å². The molecule has 7 nitrogen and oxygen atoms in total. The van der Waals surface area contributed by atoms with Gasteiger partial charge in [0.2, 0.25) is 0 Å². The molecule has 3 aromatic rings. The molecule has 0 aliphatic heterocycles. The smallest absolute Gasteiger partial charge is 0.434 e. The highest BCUT2D eigenvalue weighted by molar-refractivity contribution is 7.09. The Bertz CT molecular complexity index is 998. The van der Waals surface area contributed by atoms with E-state index in [0.29, 0.717) is 23.2 Å². The Hall–Kier alpha value is -3.34. The molecule has 158 valence electrons. The van der Waals surface area contributed by atoms with Gasteiger partial charge in [0.25, 0.3) is 5.91 Å². The van der Waals surface area contributed by atoms with Gasteiger partial charge in [-0.05, 0) is 29.8 Å². The number of carbonyl (C=O) groups is 1. The fourth-order valence-electron chi connectivity index (χ4n) is 2.39. The van der Waals surface area contributed by atoms with E-state index >= 15 is 0 Å². The van der Waals surface area contributed by atoms with E-state index in [1.54, 1.807) is 31.3 Å². The number of nitrogens with zero attached hydrogens (tertiary/aromatic N) is 2. The third-order valence-electron chi connectivity index (χ3n) is 3.89. The summed E-state index contributed by atoms with van der Waals surface area (Å²) in [6.45, 7) is 0.552. The van der Waals surface area contributed by atoms with Crippen LogP contribution in [0.2, 0.25) is 0 Å². The van der Waals surface area contributed by atoms with E-state index in [0.717, 1.165) is 22.3 Å². The summed E-state index contributed by atoms with van der Waals surface area (Å²) in [6.07, 6.45) is -3.02. The van der Waals surface area contributed by atoms with Crippen molar-refractivity contribution in [3.05, 3.63) is 70.1 Å². The van der Waals surface area contributed by atoms with Gasteiger partial charge in [0.05, 0.1) is 12.8 Å². The van der Waals surface area contributed by atoms with Gasteiger partial charge in [-0.1, -0.05) is 12.1 Å². The predicted molar refractivity (Wildman–Crippen MR) is 107 cm³/mol. The molecule has 0 aliphatic rings. The highest BCUT2D eigenvalue weighted by atomic mass is 32.1. The maximum Gasteiger partial charge on any atom is 0.434 e. The summed E-state index contributed by atoms with van der Waals surface area (Å²) in [7, 11) is 1.56. The fourth-order valence-corrected chi connectivity index (χ4v) is 3.13. The minimum absolute atomic E-state index is 0.123. The van der Waals surface area contributed by atoms with Gasteiger partial charge in [0.15, 0.2) is 17.4 Å². The maximum absolute atomic E-state index is 12.6. The molecule has 0 radical (unpaired) electrons. The average Bonchev–Trinajstić information content (AvgIpc) is 3.41. The van der Waals surface area contributed by atoms with Crippen molar-refractivity contribution in [2.75, 3.05) is 12.4 Å². The van der Waals surface area contributed by atoms with Crippen molar-refractivity contribution in [3.8, 4) is 0 Å². The van der Waals surface area contributed by atoms with Crippen LogP contribution in [0.25, 0.3) is 0 Å². The molecule has 30 heavy (non-hydrogen) atoms. The Labute approximate surface area is 174 Å². The molecule has 0 saturated carbocycles. The average molecular weight is 437 g/mol. The molecular weight excluding hydrogens is 419 g/mol. The lowest BCUT2D eigenvalue weighted by Gasteiger charge is -2.11. The molecule has 0 unspecified atom stereocenters. The van der Waals surface area contributed by atoms with E-state index in [-0.39, 0.29) is 18.2 Å². The number of thiazole rings is 1.